The lowest BCUT2D eigenvalue weighted by Crippen LogP contribution is -2.22. The number of nitrogens with zero attached hydrogens (tertiary/aromatic N) is 3. The van der Waals surface area contributed by atoms with Gasteiger partial charge in [0.05, 0.1) is 0 Å². The average Bonchev–Trinajstić information content (AvgIpc) is 3.01. The van der Waals surface area contributed by atoms with E-state index in [0.29, 0.717) is 11.5 Å². The Bertz CT molecular complexity index is 336. The van der Waals surface area contributed by atoms with Gasteiger partial charge in [-0.15, -0.1) is 0 Å². The number of hydrogen-bond donors (Lipinski definition) is 0. The molecular formula is C10H13N3O. The molecular weight excluding hydrogens is 178 g/mol. The van der Waals surface area contributed by atoms with Gasteiger partial charge in [0.15, 0.2) is 12.1 Å². The van der Waals surface area contributed by atoms with Gasteiger partial charge in [-0.3, -0.25) is 4.79 Å². The zero-order valence-electron chi connectivity index (χ0n) is 8.18. The van der Waals surface area contributed by atoms with Crippen LogP contribution in [0.1, 0.15) is 23.3 Å². The van der Waals surface area contributed by atoms with Gasteiger partial charge in [-0.1, -0.05) is 0 Å². The van der Waals surface area contributed by atoms with Crippen LogP contribution in [-0.4, -0.2) is 29.8 Å². The molecule has 74 valence electrons. The number of carbonyl (C=O) groups is 1. The van der Waals surface area contributed by atoms with Crippen LogP contribution in [0.4, 0.5) is 5.82 Å². The number of anilines is 1. The maximum Gasteiger partial charge on any atom is 0.172 e. The molecule has 0 amide bonds. The second kappa shape index (κ2) is 3.74. The van der Waals surface area contributed by atoms with E-state index < -0.39 is 0 Å². The lowest BCUT2D eigenvalue weighted by Gasteiger charge is -2.18. The van der Waals surface area contributed by atoms with E-state index in [1.54, 1.807) is 6.20 Å². The monoisotopic (exact) mass is 191 g/mol. The Morgan fingerprint density at radius 1 is 1.50 bits per heavy atom. The average molecular weight is 191 g/mol. The Morgan fingerprint density at radius 3 is 2.86 bits per heavy atom. The summed E-state index contributed by atoms with van der Waals surface area (Å²) in [5, 5.41) is 0. The molecule has 14 heavy (non-hydrogen) atoms. The van der Waals surface area contributed by atoms with Crippen molar-refractivity contribution in [3.05, 3.63) is 18.1 Å². The van der Waals surface area contributed by atoms with Crippen molar-refractivity contribution in [2.24, 2.45) is 5.92 Å². The number of carbonyl (C=O) groups excluding carboxylic acids is 1. The minimum atomic E-state index is 0.427. The molecule has 0 unspecified atom stereocenters. The van der Waals surface area contributed by atoms with Crippen molar-refractivity contribution in [2.45, 2.75) is 12.8 Å². The minimum absolute atomic E-state index is 0.427. The number of aromatic nitrogens is 2. The molecule has 1 heterocycles. The highest BCUT2D eigenvalue weighted by atomic mass is 16.1. The first-order valence-corrected chi connectivity index (χ1v) is 4.78. The van der Waals surface area contributed by atoms with Crippen LogP contribution < -0.4 is 4.90 Å². The van der Waals surface area contributed by atoms with E-state index in [0.717, 1.165) is 18.7 Å². The van der Waals surface area contributed by atoms with Gasteiger partial charge in [0, 0.05) is 26.0 Å². The van der Waals surface area contributed by atoms with Crippen molar-refractivity contribution < 1.29 is 4.79 Å². The topological polar surface area (TPSA) is 46.1 Å². The Labute approximate surface area is 83.0 Å². The van der Waals surface area contributed by atoms with E-state index >= 15 is 0 Å². The molecule has 1 fully saturated rings. The van der Waals surface area contributed by atoms with Crippen molar-refractivity contribution in [1.82, 2.24) is 9.97 Å². The van der Waals surface area contributed by atoms with Gasteiger partial charge in [-0.2, -0.15) is 0 Å². The van der Waals surface area contributed by atoms with Crippen molar-refractivity contribution in [2.75, 3.05) is 18.5 Å². The van der Waals surface area contributed by atoms with Crippen molar-refractivity contribution >= 4 is 12.1 Å². The van der Waals surface area contributed by atoms with Crippen LogP contribution in [0.25, 0.3) is 0 Å². The Kier molecular flexibility index (Phi) is 2.43. The third-order valence-corrected chi connectivity index (χ3v) is 2.41. The molecule has 0 spiro atoms. The Hall–Kier alpha value is -1.45. The summed E-state index contributed by atoms with van der Waals surface area (Å²) in [6, 6.07) is 0. The molecule has 4 nitrogen and oxygen atoms in total. The summed E-state index contributed by atoms with van der Waals surface area (Å²) in [7, 11) is 1.95. The van der Waals surface area contributed by atoms with E-state index in [2.05, 4.69) is 9.97 Å². The smallest absolute Gasteiger partial charge is 0.172 e. The SMILES string of the molecule is CN(CC1CC1)c1nccnc1C=O. The third kappa shape index (κ3) is 1.89. The summed E-state index contributed by atoms with van der Waals surface area (Å²) in [6.07, 6.45) is 6.50. The molecule has 1 saturated carbocycles. The van der Waals surface area contributed by atoms with Gasteiger partial charge >= 0.3 is 0 Å². The van der Waals surface area contributed by atoms with E-state index in [4.69, 9.17) is 0 Å². The molecule has 1 aliphatic carbocycles. The molecule has 0 aromatic carbocycles. The highest BCUT2D eigenvalue weighted by Crippen LogP contribution is 2.30. The molecule has 0 atom stereocenters. The van der Waals surface area contributed by atoms with Crippen LogP contribution in [0.3, 0.4) is 0 Å². The second-order valence-corrected chi connectivity index (χ2v) is 3.71. The van der Waals surface area contributed by atoms with Gasteiger partial charge in [0.1, 0.15) is 5.69 Å². The lowest BCUT2D eigenvalue weighted by atomic mass is 10.3. The van der Waals surface area contributed by atoms with Crippen LogP contribution in [0.2, 0.25) is 0 Å². The first-order valence-electron chi connectivity index (χ1n) is 4.78. The minimum Gasteiger partial charge on any atom is -0.358 e. The fourth-order valence-electron chi connectivity index (χ4n) is 1.49. The maximum atomic E-state index is 10.7. The van der Waals surface area contributed by atoms with E-state index in [1.807, 2.05) is 11.9 Å². The Morgan fingerprint density at radius 2 is 2.21 bits per heavy atom. The summed E-state index contributed by atoms with van der Waals surface area (Å²) >= 11 is 0. The molecule has 0 radical (unpaired) electrons. The van der Waals surface area contributed by atoms with Crippen LogP contribution in [0.5, 0.6) is 0 Å². The van der Waals surface area contributed by atoms with Crippen LogP contribution >= 0.6 is 0 Å². The van der Waals surface area contributed by atoms with Gasteiger partial charge < -0.3 is 4.90 Å². The summed E-state index contributed by atoms with van der Waals surface area (Å²) in [5.41, 5.74) is 0.427. The van der Waals surface area contributed by atoms with E-state index in [9.17, 15) is 4.79 Å². The lowest BCUT2D eigenvalue weighted by molar-refractivity contribution is 0.111. The fourth-order valence-corrected chi connectivity index (χ4v) is 1.49. The first-order chi connectivity index (χ1) is 6.81. The number of hydrogen-bond acceptors (Lipinski definition) is 4. The largest absolute Gasteiger partial charge is 0.358 e. The quantitative estimate of drug-likeness (QED) is 0.669. The highest BCUT2D eigenvalue weighted by Gasteiger charge is 2.24. The Balaban J connectivity index is 2.15. The molecule has 1 aromatic heterocycles. The number of aldehydes is 1. The predicted molar refractivity (Wildman–Crippen MR) is 53.4 cm³/mol. The first kappa shape index (κ1) is 9.12. The summed E-state index contributed by atoms with van der Waals surface area (Å²) in [6.45, 7) is 0.972. The zero-order chi connectivity index (χ0) is 9.97. The molecule has 0 N–H and O–H groups in total. The van der Waals surface area contributed by atoms with Gasteiger partial charge in [0.2, 0.25) is 0 Å². The molecule has 1 aliphatic rings. The third-order valence-electron chi connectivity index (χ3n) is 2.41. The fraction of sp³-hybridized carbons (Fsp3) is 0.500. The molecule has 0 bridgehead atoms. The van der Waals surface area contributed by atoms with Crippen molar-refractivity contribution in [3.63, 3.8) is 0 Å². The highest BCUT2D eigenvalue weighted by molar-refractivity contribution is 5.79. The van der Waals surface area contributed by atoms with Gasteiger partial charge in [-0.05, 0) is 18.8 Å². The summed E-state index contributed by atoms with van der Waals surface area (Å²) < 4.78 is 0. The van der Waals surface area contributed by atoms with Crippen LogP contribution in [0, 0.1) is 5.92 Å². The van der Waals surface area contributed by atoms with Gasteiger partial charge in [0.25, 0.3) is 0 Å². The van der Waals surface area contributed by atoms with Gasteiger partial charge in [-0.25, -0.2) is 9.97 Å². The molecule has 1 aromatic rings. The second-order valence-electron chi connectivity index (χ2n) is 3.71. The van der Waals surface area contributed by atoms with Crippen molar-refractivity contribution in [3.8, 4) is 0 Å². The molecule has 4 heteroatoms. The van der Waals surface area contributed by atoms with Crippen LogP contribution in [0.15, 0.2) is 12.4 Å². The zero-order valence-corrected chi connectivity index (χ0v) is 8.18. The summed E-state index contributed by atoms with van der Waals surface area (Å²) in [4.78, 5) is 20.8. The molecule has 2 rings (SSSR count). The molecule has 0 aliphatic heterocycles. The van der Waals surface area contributed by atoms with Crippen LogP contribution in [-0.2, 0) is 0 Å². The normalized spacial score (nSPS) is 15.2. The predicted octanol–water partition coefficient (Wildman–Crippen LogP) is 1.14. The van der Waals surface area contributed by atoms with E-state index in [1.165, 1.54) is 19.0 Å². The standard InChI is InChI=1S/C10H13N3O/c1-13(6-8-2-3-8)10-9(7-14)11-4-5-12-10/h4-5,7-8H,2-3,6H2,1H3. The number of rotatable bonds is 4. The van der Waals surface area contributed by atoms with E-state index in [-0.39, 0.29) is 0 Å². The molecule has 0 saturated heterocycles. The summed E-state index contributed by atoms with van der Waals surface area (Å²) in [5.74, 6) is 1.47. The van der Waals surface area contributed by atoms with Crippen molar-refractivity contribution in [1.29, 1.82) is 0 Å². The maximum absolute atomic E-state index is 10.7.